The smallest absolute Gasteiger partial charge is 0.146 e. The fourth-order valence-corrected chi connectivity index (χ4v) is 2.12. The van der Waals surface area contributed by atoms with Crippen molar-refractivity contribution in [2.24, 2.45) is 0 Å². The molecule has 1 aromatic heterocycles. The summed E-state index contributed by atoms with van der Waals surface area (Å²) < 4.78 is 14.5. The standard InChI is InChI=1S/C14H15BrFN3/c1-3-7-17-13-8-12(18-9(2)19-13)10-5-4-6-11(15)14(10)16/h4-6,8H,3,7H2,1-2H3,(H,17,18,19). The quantitative estimate of drug-likeness (QED) is 0.917. The summed E-state index contributed by atoms with van der Waals surface area (Å²) >= 11 is 3.19. The summed E-state index contributed by atoms with van der Waals surface area (Å²) in [6, 6.07) is 6.95. The van der Waals surface area contributed by atoms with E-state index in [0.29, 0.717) is 21.6 Å². The Morgan fingerprint density at radius 2 is 2.11 bits per heavy atom. The number of hydrogen-bond acceptors (Lipinski definition) is 3. The first kappa shape index (κ1) is 13.9. The summed E-state index contributed by atoms with van der Waals surface area (Å²) in [5.41, 5.74) is 1.06. The third-order valence-electron chi connectivity index (χ3n) is 2.62. The lowest BCUT2D eigenvalue weighted by Crippen LogP contribution is -2.04. The Morgan fingerprint density at radius 1 is 1.32 bits per heavy atom. The lowest BCUT2D eigenvalue weighted by molar-refractivity contribution is 0.624. The highest BCUT2D eigenvalue weighted by atomic mass is 79.9. The third-order valence-corrected chi connectivity index (χ3v) is 3.23. The van der Waals surface area contributed by atoms with Gasteiger partial charge < -0.3 is 5.32 Å². The minimum absolute atomic E-state index is 0.304. The minimum Gasteiger partial charge on any atom is -0.370 e. The highest BCUT2D eigenvalue weighted by Gasteiger charge is 2.11. The van der Waals surface area contributed by atoms with E-state index in [1.54, 1.807) is 31.2 Å². The van der Waals surface area contributed by atoms with Gasteiger partial charge in [0.2, 0.25) is 0 Å². The number of aryl methyl sites for hydroxylation is 1. The van der Waals surface area contributed by atoms with E-state index < -0.39 is 0 Å². The van der Waals surface area contributed by atoms with Crippen LogP contribution in [-0.4, -0.2) is 16.5 Å². The molecule has 0 atom stereocenters. The first-order valence-corrected chi connectivity index (χ1v) is 6.95. The molecule has 5 heteroatoms. The van der Waals surface area contributed by atoms with E-state index in [1.165, 1.54) is 0 Å². The normalized spacial score (nSPS) is 10.5. The molecule has 0 aliphatic carbocycles. The van der Waals surface area contributed by atoms with Crippen LogP contribution in [0.5, 0.6) is 0 Å². The molecule has 0 aliphatic rings. The van der Waals surface area contributed by atoms with Gasteiger partial charge in [-0.25, -0.2) is 14.4 Å². The second-order valence-electron chi connectivity index (χ2n) is 4.21. The van der Waals surface area contributed by atoms with Gasteiger partial charge in [0.25, 0.3) is 0 Å². The predicted octanol–water partition coefficient (Wildman–Crippen LogP) is 4.18. The lowest BCUT2D eigenvalue weighted by Gasteiger charge is -2.09. The number of anilines is 1. The van der Waals surface area contributed by atoms with Crippen LogP contribution < -0.4 is 5.32 Å². The van der Waals surface area contributed by atoms with Gasteiger partial charge >= 0.3 is 0 Å². The van der Waals surface area contributed by atoms with E-state index in [9.17, 15) is 4.39 Å². The van der Waals surface area contributed by atoms with Gasteiger partial charge in [-0.3, -0.25) is 0 Å². The lowest BCUT2D eigenvalue weighted by atomic mass is 10.1. The van der Waals surface area contributed by atoms with Gasteiger partial charge in [-0.2, -0.15) is 0 Å². The van der Waals surface area contributed by atoms with Gasteiger partial charge in [0.1, 0.15) is 17.5 Å². The van der Waals surface area contributed by atoms with E-state index >= 15 is 0 Å². The summed E-state index contributed by atoms with van der Waals surface area (Å²) in [7, 11) is 0. The number of aromatic nitrogens is 2. The van der Waals surface area contributed by atoms with Crippen molar-refractivity contribution in [1.82, 2.24) is 9.97 Å². The van der Waals surface area contributed by atoms with Crippen molar-refractivity contribution in [3.05, 3.63) is 40.4 Å². The van der Waals surface area contributed by atoms with E-state index in [4.69, 9.17) is 0 Å². The molecule has 0 amide bonds. The molecule has 0 unspecified atom stereocenters. The van der Waals surface area contributed by atoms with Gasteiger partial charge in [-0.1, -0.05) is 13.0 Å². The third kappa shape index (κ3) is 3.29. The van der Waals surface area contributed by atoms with Crippen molar-refractivity contribution in [2.75, 3.05) is 11.9 Å². The second kappa shape index (κ2) is 6.10. The molecule has 0 saturated carbocycles. The van der Waals surface area contributed by atoms with Crippen LogP contribution in [0.3, 0.4) is 0 Å². The zero-order valence-electron chi connectivity index (χ0n) is 10.9. The van der Waals surface area contributed by atoms with Crippen molar-refractivity contribution in [3.63, 3.8) is 0 Å². The Morgan fingerprint density at radius 3 is 2.84 bits per heavy atom. The van der Waals surface area contributed by atoms with Crippen LogP contribution in [0.1, 0.15) is 19.2 Å². The Hall–Kier alpha value is -1.49. The minimum atomic E-state index is -0.304. The largest absolute Gasteiger partial charge is 0.370 e. The Labute approximate surface area is 120 Å². The van der Waals surface area contributed by atoms with Crippen LogP contribution in [0.4, 0.5) is 10.2 Å². The Balaban J connectivity index is 2.44. The van der Waals surface area contributed by atoms with Crippen LogP contribution in [0.2, 0.25) is 0 Å². The molecular weight excluding hydrogens is 309 g/mol. The number of nitrogens with one attached hydrogen (secondary N) is 1. The van der Waals surface area contributed by atoms with Gasteiger partial charge in [0, 0.05) is 18.2 Å². The monoisotopic (exact) mass is 323 g/mol. The fourth-order valence-electron chi connectivity index (χ4n) is 1.75. The number of benzene rings is 1. The molecule has 19 heavy (non-hydrogen) atoms. The number of halogens is 2. The maximum atomic E-state index is 14.1. The molecule has 2 rings (SSSR count). The molecule has 0 aliphatic heterocycles. The maximum absolute atomic E-state index is 14.1. The summed E-state index contributed by atoms with van der Waals surface area (Å²) in [6.07, 6.45) is 1.00. The zero-order chi connectivity index (χ0) is 13.8. The molecule has 0 fully saturated rings. The number of rotatable bonds is 4. The van der Waals surface area contributed by atoms with Crippen molar-refractivity contribution >= 4 is 21.7 Å². The maximum Gasteiger partial charge on any atom is 0.146 e. The average molecular weight is 324 g/mol. The molecular formula is C14H15BrFN3. The highest BCUT2D eigenvalue weighted by Crippen LogP contribution is 2.27. The predicted molar refractivity (Wildman–Crippen MR) is 78.6 cm³/mol. The molecule has 0 bridgehead atoms. The van der Waals surface area contributed by atoms with E-state index in [-0.39, 0.29) is 5.82 Å². The van der Waals surface area contributed by atoms with Crippen molar-refractivity contribution in [2.45, 2.75) is 20.3 Å². The van der Waals surface area contributed by atoms with E-state index in [0.717, 1.165) is 18.8 Å². The van der Waals surface area contributed by atoms with E-state index in [1.807, 2.05) is 0 Å². The number of hydrogen-bond donors (Lipinski definition) is 1. The SMILES string of the molecule is CCCNc1cc(-c2cccc(Br)c2F)nc(C)n1. The first-order chi connectivity index (χ1) is 9.11. The molecule has 1 aromatic carbocycles. The molecule has 0 saturated heterocycles. The summed E-state index contributed by atoms with van der Waals surface area (Å²) in [6.45, 7) is 4.71. The van der Waals surface area contributed by atoms with Crippen molar-refractivity contribution in [3.8, 4) is 11.3 Å². The van der Waals surface area contributed by atoms with Gasteiger partial charge in [0.05, 0.1) is 10.2 Å². The van der Waals surface area contributed by atoms with Crippen LogP contribution in [0.15, 0.2) is 28.7 Å². The molecule has 0 spiro atoms. The second-order valence-corrected chi connectivity index (χ2v) is 5.07. The van der Waals surface area contributed by atoms with Gasteiger partial charge in [-0.15, -0.1) is 0 Å². The average Bonchev–Trinajstić information content (AvgIpc) is 2.39. The summed E-state index contributed by atoms with van der Waals surface area (Å²) in [5.74, 6) is 1.04. The fraction of sp³-hybridized carbons (Fsp3) is 0.286. The molecule has 0 radical (unpaired) electrons. The Bertz CT molecular complexity index is 587. The summed E-state index contributed by atoms with van der Waals surface area (Å²) in [5, 5.41) is 3.19. The molecule has 2 aromatic rings. The topological polar surface area (TPSA) is 37.8 Å². The van der Waals surface area contributed by atoms with Crippen LogP contribution in [-0.2, 0) is 0 Å². The molecule has 1 heterocycles. The van der Waals surface area contributed by atoms with Crippen LogP contribution in [0, 0.1) is 12.7 Å². The van der Waals surface area contributed by atoms with Crippen molar-refractivity contribution < 1.29 is 4.39 Å². The highest BCUT2D eigenvalue weighted by molar-refractivity contribution is 9.10. The zero-order valence-corrected chi connectivity index (χ0v) is 12.5. The molecule has 3 nitrogen and oxygen atoms in total. The van der Waals surface area contributed by atoms with Crippen molar-refractivity contribution in [1.29, 1.82) is 0 Å². The molecule has 100 valence electrons. The van der Waals surface area contributed by atoms with Crippen LogP contribution in [0.25, 0.3) is 11.3 Å². The van der Waals surface area contributed by atoms with E-state index in [2.05, 4.69) is 38.1 Å². The summed E-state index contributed by atoms with van der Waals surface area (Å²) in [4.78, 5) is 8.59. The molecule has 1 N–H and O–H groups in total. The van der Waals surface area contributed by atoms with Crippen LogP contribution >= 0.6 is 15.9 Å². The number of nitrogens with zero attached hydrogens (tertiary/aromatic N) is 2. The van der Waals surface area contributed by atoms with Gasteiger partial charge in [-0.05, 0) is 41.4 Å². The Kier molecular flexibility index (Phi) is 4.47. The first-order valence-electron chi connectivity index (χ1n) is 6.15. The van der Waals surface area contributed by atoms with Gasteiger partial charge in [0.15, 0.2) is 0 Å².